The van der Waals surface area contributed by atoms with E-state index in [0.29, 0.717) is 0 Å². The lowest BCUT2D eigenvalue weighted by molar-refractivity contribution is 1.09. The molecule has 1 N–H and O–H groups in total. The van der Waals surface area contributed by atoms with Crippen LogP contribution < -0.4 is 5.56 Å². The van der Waals surface area contributed by atoms with Gasteiger partial charge in [-0.1, -0.05) is 24.3 Å². The number of hydrogen-bond donors (Lipinski definition) is 1. The molecule has 2 nitrogen and oxygen atoms in total. The van der Waals surface area contributed by atoms with Gasteiger partial charge < -0.3 is 4.98 Å². The highest BCUT2D eigenvalue weighted by Gasteiger charge is 2.17. The number of aromatic nitrogens is 1. The molecule has 68 valence electrons. The number of rotatable bonds is 0. The van der Waals surface area contributed by atoms with Gasteiger partial charge in [0.15, 0.2) is 0 Å². The molecule has 1 aromatic heterocycles. The number of nitrogens with one attached hydrogen (secondary N) is 1. The molecule has 0 radical (unpaired) electrons. The molecule has 3 rings (SSSR count). The third kappa shape index (κ3) is 0.940. The van der Waals surface area contributed by atoms with Gasteiger partial charge in [-0.3, -0.25) is 4.79 Å². The molecule has 1 aromatic carbocycles. The van der Waals surface area contributed by atoms with Crippen molar-refractivity contribution in [3.8, 4) is 11.1 Å². The lowest BCUT2D eigenvalue weighted by atomic mass is 10.1. The Morgan fingerprint density at radius 2 is 1.86 bits per heavy atom. The number of aromatic amines is 1. The summed E-state index contributed by atoms with van der Waals surface area (Å²) in [5.74, 6) is 0. The summed E-state index contributed by atoms with van der Waals surface area (Å²) in [4.78, 5) is 14.0. The van der Waals surface area contributed by atoms with Crippen LogP contribution in [0.15, 0.2) is 41.2 Å². The van der Waals surface area contributed by atoms with Crippen LogP contribution in [-0.4, -0.2) is 4.98 Å². The number of benzene rings is 1. The van der Waals surface area contributed by atoms with Crippen LogP contribution in [0.2, 0.25) is 0 Å². The van der Waals surface area contributed by atoms with Crippen molar-refractivity contribution in [2.24, 2.45) is 0 Å². The molecule has 0 saturated heterocycles. The first-order chi connectivity index (χ1) is 6.84. The second-order valence-electron chi connectivity index (χ2n) is 3.55. The Hall–Kier alpha value is -1.83. The van der Waals surface area contributed by atoms with E-state index in [0.717, 1.165) is 12.1 Å². The maximum Gasteiger partial charge on any atom is 0.248 e. The van der Waals surface area contributed by atoms with Crippen LogP contribution in [0.25, 0.3) is 11.1 Å². The molecule has 0 atom stereocenters. The summed E-state index contributed by atoms with van der Waals surface area (Å²) in [6.45, 7) is 0. The lowest BCUT2D eigenvalue weighted by Gasteiger charge is -1.97. The third-order valence-corrected chi connectivity index (χ3v) is 2.68. The normalized spacial score (nSPS) is 12.3. The van der Waals surface area contributed by atoms with Crippen molar-refractivity contribution < 1.29 is 0 Å². The number of hydrogen-bond acceptors (Lipinski definition) is 1. The Labute approximate surface area is 81.2 Å². The Morgan fingerprint density at radius 3 is 2.79 bits per heavy atom. The van der Waals surface area contributed by atoms with Gasteiger partial charge in [0.2, 0.25) is 5.56 Å². The summed E-state index contributed by atoms with van der Waals surface area (Å²) >= 11 is 0. The van der Waals surface area contributed by atoms with Crippen LogP contribution in [0, 0.1) is 0 Å². The molecule has 2 heteroatoms. The van der Waals surface area contributed by atoms with E-state index in [1.54, 1.807) is 6.07 Å². The van der Waals surface area contributed by atoms with E-state index in [1.807, 2.05) is 18.2 Å². The average molecular weight is 183 g/mol. The first-order valence-electron chi connectivity index (χ1n) is 4.65. The van der Waals surface area contributed by atoms with E-state index in [4.69, 9.17) is 0 Å². The predicted molar refractivity (Wildman–Crippen MR) is 55.3 cm³/mol. The van der Waals surface area contributed by atoms with Crippen LogP contribution in [0.3, 0.4) is 0 Å². The van der Waals surface area contributed by atoms with Gasteiger partial charge in [-0.25, -0.2) is 0 Å². The first-order valence-corrected chi connectivity index (χ1v) is 4.65. The predicted octanol–water partition coefficient (Wildman–Crippen LogP) is 1.95. The number of H-pyrrole nitrogens is 1. The summed E-state index contributed by atoms with van der Waals surface area (Å²) in [5.41, 5.74) is 4.73. The summed E-state index contributed by atoms with van der Waals surface area (Å²) in [5, 5.41) is 0. The highest BCUT2D eigenvalue weighted by Crippen LogP contribution is 2.33. The molecule has 0 saturated carbocycles. The standard InChI is InChI=1S/C12H9NO/c14-12-6-5-10-9-4-2-1-3-8(9)7-11(10)13-12/h1-6H,7H2,(H,13,14). The monoisotopic (exact) mass is 183 g/mol. The van der Waals surface area contributed by atoms with Crippen molar-refractivity contribution in [1.82, 2.24) is 4.98 Å². The second kappa shape index (κ2) is 2.58. The van der Waals surface area contributed by atoms with Gasteiger partial charge in [-0.05, 0) is 17.2 Å². The van der Waals surface area contributed by atoms with E-state index in [2.05, 4.69) is 17.1 Å². The van der Waals surface area contributed by atoms with E-state index >= 15 is 0 Å². The van der Waals surface area contributed by atoms with Gasteiger partial charge in [0.05, 0.1) is 0 Å². The topological polar surface area (TPSA) is 32.9 Å². The van der Waals surface area contributed by atoms with Gasteiger partial charge in [0.1, 0.15) is 0 Å². The lowest BCUT2D eigenvalue weighted by Crippen LogP contribution is -2.05. The van der Waals surface area contributed by atoms with E-state index in [9.17, 15) is 4.79 Å². The highest BCUT2D eigenvalue weighted by atomic mass is 16.1. The molecule has 0 bridgehead atoms. The molecular formula is C12H9NO. The highest BCUT2D eigenvalue weighted by molar-refractivity contribution is 5.74. The van der Waals surface area contributed by atoms with Gasteiger partial charge in [0, 0.05) is 23.7 Å². The fourth-order valence-electron chi connectivity index (χ4n) is 2.04. The third-order valence-electron chi connectivity index (χ3n) is 2.68. The Balaban J connectivity index is 2.32. The van der Waals surface area contributed by atoms with Crippen molar-refractivity contribution in [2.45, 2.75) is 6.42 Å². The number of pyridine rings is 1. The second-order valence-corrected chi connectivity index (χ2v) is 3.55. The largest absolute Gasteiger partial charge is 0.325 e. The van der Waals surface area contributed by atoms with Crippen LogP contribution in [-0.2, 0) is 6.42 Å². The molecule has 14 heavy (non-hydrogen) atoms. The van der Waals surface area contributed by atoms with Gasteiger partial charge in [-0.2, -0.15) is 0 Å². The Morgan fingerprint density at radius 1 is 1.00 bits per heavy atom. The smallest absolute Gasteiger partial charge is 0.248 e. The van der Waals surface area contributed by atoms with E-state index in [-0.39, 0.29) is 5.56 Å². The van der Waals surface area contributed by atoms with Gasteiger partial charge in [0.25, 0.3) is 0 Å². The summed E-state index contributed by atoms with van der Waals surface area (Å²) < 4.78 is 0. The zero-order chi connectivity index (χ0) is 9.54. The minimum atomic E-state index is -0.0171. The minimum absolute atomic E-state index is 0.0171. The molecule has 2 aromatic rings. The summed E-state index contributed by atoms with van der Waals surface area (Å²) in [6.07, 6.45) is 0.849. The zero-order valence-electron chi connectivity index (χ0n) is 7.58. The van der Waals surface area contributed by atoms with Crippen molar-refractivity contribution in [3.05, 3.63) is 58.0 Å². The first kappa shape index (κ1) is 7.56. The quantitative estimate of drug-likeness (QED) is 0.567. The van der Waals surface area contributed by atoms with Gasteiger partial charge >= 0.3 is 0 Å². The summed E-state index contributed by atoms with van der Waals surface area (Å²) in [7, 11) is 0. The maximum atomic E-state index is 11.1. The van der Waals surface area contributed by atoms with E-state index < -0.39 is 0 Å². The van der Waals surface area contributed by atoms with Crippen molar-refractivity contribution >= 4 is 0 Å². The van der Waals surface area contributed by atoms with Crippen molar-refractivity contribution in [1.29, 1.82) is 0 Å². The molecule has 0 spiro atoms. The zero-order valence-corrected chi connectivity index (χ0v) is 7.58. The summed E-state index contributed by atoms with van der Waals surface area (Å²) in [6, 6.07) is 11.7. The molecule has 1 aliphatic rings. The van der Waals surface area contributed by atoms with Crippen LogP contribution in [0.1, 0.15) is 11.3 Å². The van der Waals surface area contributed by atoms with Crippen molar-refractivity contribution in [2.75, 3.05) is 0 Å². The molecule has 0 aliphatic heterocycles. The van der Waals surface area contributed by atoms with Crippen LogP contribution in [0.4, 0.5) is 0 Å². The van der Waals surface area contributed by atoms with E-state index in [1.165, 1.54) is 16.7 Å². The minimum Gasteiger partial charge on any atom is -0.325 e. The Kier molecular flexibility index (Phi) is 1.39. The van der Waals surface area contributed by atoms with Crippen LogP contribution >= 0.6 is 0 Å². The maximum absolute atomic E-state index is 11.1. The van der Waals surface area contributed by atoms with Gasteiger partial charge in [-0.15, -0.1) is 0 Å². The fourth-order valence-corrected chi connectivity index (χ4v) is 2.04. The van der Waals surface area contributed by atoms with Crippen molar-refractivity contribution in [3.63, 3.8) is 0 Å². The van der Waals surface area contributed by atoms with Crippen LogP contribution in [0.5, 0.6) is 0 Å². The Bertz CT molecular complexity index is 554. The molecular weight excluding hydrogens is 174 g/mol. The average Bonchev–Trinajstić information content (AvgIpc) is 2.54. The fraction of sp³-hybridized carbons (Fsp3) is 0.0833. The SMILES string of the molecule is O=c1ccc2c([nH]1)Cc1ccccc1-2. The number of fused-ring (bicyclic) bond motifs is 3. The molecule has 0 unspecified atom stereocenters. The molecule has 1 aliphatic carbocycles. The molecule has 1 heterocycles. The molecule has 0 amide bonds. The molecule has 0 fully saturated rings.